The summed E-state index contributed by atoms with van der Waals surface area (Å²) in [6, 6.07) is 0.298. The first-order valence-electron chi connectivity index (χ1n) is 6.14. The van der Waals surface area contributed by atoms with Crippen LogP contribution in [-0.2, 0) is 0 Å². The van der Waals surface area contributed by atoms with Crippen LogP contribution in [0.3, 0.4) is 0 Å². The Morgan fingerprint density at radius 2 is 2.07 bits per heavy atom. The van der Waals surface area contributed by atoms with Crippen molar-refractivity contribution in [3.05, 3.63) is 0 Å². The van der Waals surface area contributed by atoms with Crippen LogP contribution in [0.1, 0.15) is 46.5 Å². The van der Waals surface area contributed by atoms with E-state index in [1.54, 1.807) is 6.92 Å². The molecule has 0 aromatic carbocycles. The van der Waals surface area contributed by atoms with Crippen LogP contribution in [0.4, 0.5) is 8.78 Å². The van der Waals surface area contributed by atoms with E-state index in [0.717, 1.165) is 19.4 Å². The van der Waals surface area contributed by atoms with E-state index in [4.69, 9.17) is 0 Å². The van der Waals surface area contributed by atoms with Crippen LogP contribution in [0.5, 0.6) is 0 Å². The molecule has 0 spiro atoms. The maximum absolute atomic E-state index is 13.7. The fourth-order valence-corrected chi connectivity index (χ4v) is 2.76. The van der Waals surface area contributed by atoms with Gasteiger partial charge in [-0.15, -0.1) is 0 Å². The number of rotatable bonds is 5. The van der Waals surface area contributed by atoms with Gasteiger partial charge in [0.2, 0.25) is 0 Å². The molecule has 0 bridgehead atoms. The largest absolute Gasteiger partial charge is 0.314 e. The van der Waals surface area contributed by atoms with Crippen molar-refractivity contribution in [2.45, 2.75) is 58.4 Å². The Bertz CT molecular complexity index is 188. The molecule has 90 valence electrons. The molecule has 3 heteroatoms. The van der Waals surface area contributed by atoms with Gasteiger partial charge < -0.3 is 5.32 Å². The van der Waals surface area contributed by atoms with Gasteiger partial charge in [-0.3, -0.25) is 0 Å². The molecule has 1 fully saturated rings. The Kier molecular flexibility index (Phi) is 4.50. The van der Waals surface area contributed by atoms with Crippen molar-refractivity contribution in [1.29, 1.82) is 0 Å². The maximum atomic E-state index is 13.7. The lowest BCUT2D eigenvalue weighted by Gasteiger charge is -2.33. The van der Waals surface area contributed by atoms with Gasteiger partial charge in [0, 0.05) is 18.4 Å². The molecule has 15 heavy (non-hydrogen) atoms. The molecule has 0 radical (unpaired) electrons. The summed E-state index contributed by atoms with van der Waals surface area (Å²) in [6.45, 7) is 6.42. The third kappa shape index (κ3) is 2.90. The summed E-state index contributed by atoms with van der Waals surface area (Å²) in [7, 11) is 0. The molecule has 0 saturated carbocycles. The smallest absolute Gasteiger partial charge is 0.250 e. The quantitative estimate of drug-likeness (QED) is 0.746. The van der Waals surface area contributed by atoms with Crippen molar-refractivity contribution in [3.63, 3.8) is 0 Å². The summed E-state index contributed by atoms with van der Waals surface area (Å²) in [5.74, 6) is -2.90. The highest BCUT2D eigenvalue weighted by Gasteiger charge is 2.42. The third-order valence-electron chi connectivity index (χ3n) is 3.82. The van der Waals surface area contributed by atoms with Crippen molar-refractivity contribution < 1.29 is 8.78 Å². The van der Waals surface area contributed by atoms with Gasteiger partial charge in [-0.1, -0.05) is 20.8 Å². The summed E-state index contributed by atoms with van der Waals surface area (Å²) in [5.41, 5.74) is 0. The van der Waals surface area contributed by atoms with Crippen LogP contribution in [0.25, 0.3) is 0 Å². The van der Waals surface area contributed by atoms with E-state index in [1.165, 1.54) is 0 Å². The lowest BCUT2D eigenvalue weighted by atomic mass is 9.80. The summed E-state index contributed by atoms with van der Waals surface area (Å²) >= 11 is 0. The van der Waals surface area contributed by atoms with Crippen LogP contribution < -0.4 is 5.32 Å². The number of halogens is 2. The van der Waals surface area contributed by atoms with Crippen LogP contribution in [-0.4, -0.2) is 18.5 Å². The Balaban J connectivity index is 2.64. The van der Waals surface area contributed by atoms with Gasteiger partial charge >= 0.3 is 0 Å². The number of hydrogen-bond acceptors (Lipinski definition) is 1. The van der Waals surface area contributed by atoms with E-state index in [-0.39, 0.29) is 12.3 Å². The van der Waals surface area contributed by atoms with Gasteiger partial charge in [0.05, 0.1) is 0 Å². The molecule has 1 saturated heterocycles. The van der Waals surface area contributed by atoms with Gasteiger partial charge in [0.15, 0.2) is 0 Å². The molecule has 1 N–H and O–H groups in total. The molecule has 3 unspecified atom stereocenters. The molecule has 1 rings (SSSR count). The van der Waals surface area contributed by atoms with Crippen LogP contribution in [0.15, 0.2) is 0 Å². The van der Waals surface area contributed by atoms with Gasteiger partial charge in [-0.2, -0.15) is 0 Å². The second-order valence-electron chi connectivity index (χ2n) is 4.69. The first-order valence-corrected chi connectivity index (χ1v) is 6.14. The Labute approximate surface area is 91.6 Å². The summed E-state index contributed by atoms with van der Waals surface area (Å²) in [4.78, 5) is 0. The lowest BCUT2D eigenvalue weighted by Crippen LogP contribution is -2.41. The topological polar surface area (TPSA) is 12.0 Å². The summed E-state index contributed by atoms with van der Waals surface area (Å²) in [6.07, 6.45) is 2.71. The first kappa shape index (κ1) is 12.9. The molecule has 1 nitrogen and oxygen atoms in total. The fourth-order valence-electron chi connectivity index (χ4n) is 2.76. The van der Waals surface area contributed by atoms with E-state index in [9.17, 15) is 8.78 Å². The normalized spacial score (nSPS) is 26.6. The predicted octanol–water partition coefficient (Wildman–Crippen LogP) is 3.45. The molecule has 0 aliphatic carbocycles. The van der Waals surface area contributed by atoms with Crippen molar-refractivity contribution >= 4 is 0 Å². The standard InChI is InChI=1S/C12H23F2N/c1-4-10(12(13,14)5-2)9(3)11-7-6-8-15-11/h9-11,15H,4-8H2,1-3H3. The molecule has 1 aliphatic heterocycles. The molecular formula is C12H23F2N. The zero-order valence-electron chi connectivity index (χ0n) is 10.0. The van der Waals surface area contributed by atoms with E-state index >= 15 is 0 Å². The van der Waals surface area contributed by atoms with Crippen LogP contribution in [0, 0.1) is 11.8 Å². The summed E-state index contributed by atoms with van der Waals surface area (Å²) < 4.78 is 27.4. The van der Waals surface area contributed by atoms with E-state index in [1.807, 2.05) is 13.8 Å². The van der Waals surface area contributed by atoms with E-state index in [2.05, 4.69) is 5.32 Å². The third-order valence-corrected chi connectivity index (χ3v) is 3.82. The van der Waals surface area contributed by atoms with Gasteiger partial charge in [0.1, 0.15) is 0 Å². The molecule has 1 aliphatic rings. The van der Waals surface area contributed by atoms with Gasteiger partial charge in [0.25, 0.3) is 5.92 Å². The van der Waals surface area contributed by atoms with Crippen molar-refractivity contribution in [3.8, 4) is 0 Å². The minimum absolute atomic E-state index is 0.0391. The second kappa shape index (κ2) is 5.24. The minimum atomic E-state index is -2.50. The molecule has 0 amide bonds. The van der Waals surface area contributed by atoms with Crippen molar-refractivity contribution in [2.24, 2.45) is 11.8 Å². The van der Waals surface area contributed by atoms with Crippen LogP contribution >= 0.6 is 0 Å². The Morgan fingerprint density at radius 3 is 2.47 bits per heavy atom. The lowest BCUT2D eigenvalue weighted by molar-refractivity contribution is -0.0862. The number of alkyl halides is 2. The average molecular weight is 219 g/mol. The Hall–Kier alpha value is -0.180. The van der Waals surface area contributed by atoms with Gasteiger partial charge in [-0.05, 0) is 31.7 Å². The second-order valence-corrected chi connectivity index (χ2v) is 4.69. The highest BCUT2D eigenvalue weighted by molar-refractivity contribution is 4.88. The minimum Gasteiger partial charge on any atom is -0.314 e. The highest BCUT2D eigenvalue weighted by Crippen LogP contribution is 2.38. The number of hydrogen-bond donors (Lipinski definition) is 1. The zero-order valence-corrected chi connectivity index (χ0v) is 10.0. The molecule has 3 atom stereocenters. The zero-order chi connectivity index (χ0) is 11.5. The monoisotopic (exact) mass is 219 g/mol. The Morgan fingerprint density at radius 1 is 1.40 bits per heavy atom. The average Bonchev–Trinajstić information content (AvgIpc) is 2.71. The van der Waals surface area contributed by atoms with E-state index < -0.39 is 11.8 Å². The van der Waals surface area contributed by atoms with Crippen molar-refractivity contribution in [2.75, 3.05) is 6.54 Å². The SMILES string of the molecule is CCC(C(C)C1CCCN1)C(F)(F)CC. The van der Waals surface area contributed by atoms with Crippen LogP contribution in [0.2, 0.25) is 0 Å². The number of nitrogens with one attached hydrogen (secondary N) is 1. The van der Waals surface area contributed by atoms with Crippen molar-refractivity contribution in [1.82, 2.24) is 5.32 Å². The predicted molar refractivity (Wildman–Crippen MR) is 59.2 cm³/mol. The van der Waals surface area contributed by atoms with E-state index in [0.29, 0.717) is 12.5 Å². The van der Waals surface area contributed by atoms with Gasteiger partial charge in [-0.25, -0.2) is 8.78 Å². The molecule has 1 heterocycles. The summed E-state index contributed by atoms with van der Waals surface area (Å²) in [5, 5.41) is 3.33. The maximum Gasteiger partial charge on any atom is 0.250 e. The molecule has 0 aromatic rings. The first-order chi connectivity index (χ1) is 7.03. The molecular weight excluding hydrogens is 196 g/mol. The molecule has 0 aromatic heterocycles. The fraction of sp³-hybridized carbons (Fsp3) is 1.00. The highest BCUT2D eigenvalue weighted by atomic mass is 19.3.